The molecule has 0 bridgehead atoms. The van der Waals surface area contributed by atoms with Crippen molar-refractivity contribution in [3.05, 3.63) is 340 Å². The smallest absolute Gasteiger partial charge is 0.303 e. The number of H-pyrrole nitrogens is 1. The van der Waals surface area contributed by atoms with Crippen LogP contribution in [0.2, 0.25) is 30.1 Å². The maximum absolute atomic E-state index is 12.6. The van der Waals surface area contributed by atoms with E-state index in [1.54, 1.807) is 18.2 Å². The first kappa shape index (κ1) is 92.7. The first-order chi connectivity index (χ1) is 63.2. The van der Waals surface area contributed by atoms with Crippen molar-refractivity contribution in [2.45, 2.75) is 147 Å². The number of nitrogens with zero attached hydrogens (tertiary/aromatic N) is 1. The van der Waals surface area contributed by atoms with Gasteiger partial charge in [0, 0.05) is 132 Å². The number of halogens is 10. The number of phenolic OH excluding ortho intramolecular Hbond substituents is 1. The van der Waals surface area contributed by atoms with Crippen LogP contribution in [0.25, 0.3) is 66.3 Å². The van der Waals surface area contributed by atoms with E-state index in [1.165, 1.54) is 18.1 Å². The molecule has 1 aromatic heterocycles. The largest absolute Gasteiger partial charge is 0.508 e. The summed E-state index contributed by atoms with van der Waals surface area (Å²) < 4.78 is 36.4. The summed E-state index contributed by atoms with van der Waals surface area (Å²) in [6.45, 7) is 5.67. The van der Waals surface area contributed by atoms with Gasteiger partial charge in [0.2, 0.25) is 5.78 Å². The number of carbonyl (C=O) groups excluding carboxylic acids is 6. The Balaban J connectivity index is 0.000000109. The predicted molar refractivity (Wildman–Crippen MR) is 532 cm³/mol. The van der Waals surface area contributed by atoms with E-state index in [-0.39, 0.29) is 39.5 Å². The number of aromatic hydroxyl groups is 1. The molecule has 13 aromatic carbocycles. The molecule has 131 heavy (non-hydrogen) atoms. The Bertz CT molecular complexity index is 6980. The summed E-state index contributed by atoms with van der Waals surface area (Å²) in [4.78, 5) is 79.1. The van der Waals surface area contributed by atoms with Gasteiger partial charge in [-0.05, 0) is 318 Å². The number of imidazole rings is 1. The molecule has 23 rings (SSSR count). The lowest BCUT2D eigenvalue weighted by Gasteiger charge is -2.27. The van der Waals surface area contributed by atoms with Crippen LogP contribution in [-0.2, 0) is 80.0 Å². The molecule has 0 fully saturated rings. The first-order valence-electron chi connectivity index (χ1n) is 42.8. The molecule has 0 spiro atoms. The molecule has 0 saturated carbocycles. The number of benzene rings is 13. The van der Waals surface area contributed by atoms with Gasteiger partial charge in [0.15, 0.2) is 29.2 Å². The number of aryl methyl sites for hydroxylation is 6. The fraction of sp³-hybridized carbons (Fsp3) is 0.217. The minimum Gasteiger partial charge on any atom is -0.508 e. The van der Waals surface area contributed by atoms with Crippen LogP contribution < -0.4 is 23.7 Å². The molecule has 0 saturated heterocycles. The molecule has 2 N–H and O–H groups in total. The van der Waals surface area contributed by atoms with Gasteiger partial charge < -0.3 is 38.5 Å². The SMILES string of the molecule is CC(=O)OC1CCc2cc3c(cc2C1=O)OCc1cc(Cl)ccc1-3.Cc1nc2c(ccc3cc4c(cc32)OCc2cc(Cl)ccc2-4)[nH]1.Clc1ccc(Br)c(CBr)c1.O=C1CCCc2cc3c(cc21)OCc1cc(Cl)ccc1-3.O=C1CCCc2ccc(O)cc21.O=C1CCCc2ccc(OCc3cc(Cl)ccc3Br)cc21.O=C1c2cc3c(cc2CCC1Br)-c1ccc(Cl)cc1CO3. The first-order valence-corrected chi connectivity index (χ1v) is 48.7. The third kappa shape index (κ3) is 21.0. The summed E-state index contributed by atoms with van der Waals surface area (Å²) in [5.41, 5.74) is 26.5. The molecular formula is C106H82Br4Cl6N2O13. The summed E-state index contributed by atoms with van der Waals surface area (Å²) in [6.07, 6.45) is 9.91. The number of esters is 1. The maximum atomic E-state index is 12.6. The van der Waals surface area contributed by atoms with E-state index < -0.39 is 12.1 Å². The van der Waals surface area contributed by atoms with Gasteiger partial charge in [-0.1, -0.05) is 176 Å². The van der Waals surface area contributed by atoms with Crippen molar-refractivity contribution in [3.8, 4) is 79.0 Å². The highest BCUT2D eigenvalue weighted by atomic mass is 79.9. The Morgan fingerprint density at radius 3 is 1.34 bits per heavy atom. The van der Waals surface area contributed by atoms with E-state index in [0.717, 1.165) is 248 Å². The van der Waals surface area contributed by atoms with Crippen LogP contribution in [0.4, 0.5) is 0 Å². The summed E-state index contributed by atoms with van der Waals surface area (Å²) in [5.74, 6) is 5.19. The molecule has 0 amide bonds. The summed E-state index contributed by atoms with van der Waals surface area (Å²) >= 11 is 49.7. The van der Waals surface area contributed by atoms with Gasteiger partial charge in [0.05, 0.1) is 15.9 Å². The fourth-order valence-electron chi connectivity index (χ4n) is 17.7. The van der Waals surface area contributed by atoms with Crippen LogP contribution in [0.1, 0.15) is 177 Å². The van der Waals surface area contributed by atoms with E-state index in [2.05, 4.69) is 116 Å². The molecule has 14 aromatic rings. The molecular weight excluding hydrogens is 2040 g/mol. The highest BCUT2D eigenvalue weighted by Gasteiger charge is 2.35. The minimum absolute atomic E-state index is 0.0715. The number of nitrogens with one attached hydrogen (secondary N) is 1. The number of ether oxygens (including phenoxy) is 6. The van der Waals surface area contributed by atoms with Crippen molar-refractivity contribution >= 4 is 190 Å². The van der Waals surface area contributed by atoms with Gasteiger partial charge in [-0.15, -0.1) is 0 Å². The lowest BCUT2D eigenvalue weighted by molar-refractivity contribution is -0.144. The Morgan fingerprint density at radius 2 is 0.840 bits per heavy atom. The number of phenols is 1. The molecule has 15 nitrogen and oxygen atoms in total. The van der Waals surface area contributed by atoms with Crippen LogP contribution in [0.3, 0.4) is 0 Å². The Morgan fingerprint density at radius 1 is 0.420 bits per heavy atom. The lowest BCUT2D eigenvalue weighted by atomic mass is 9.85. The quantitative estimate of drug-likeness (QED) is 0.121. The average molecular weight is 2120 g/mol. The standard InChI is InChI=1S/C19H13ClN2O.C19H15ClO4.C17H12BrClO2.C17H14BrClO2.C17H13ClO2.C10H10O2.C7H5Br2Cl/c1-10-21-17-5-2-11-7-16-14-4-3-13(20)6-12(14)9-23-18(16)8-15(11)19(17)22-10;1-10(21)24-17-5-2-11-7-16-14-4-3-13(20)6-12(14)9-23-18(16)8-15(11)19(17)22;18-15-4-1-9-6-14-12-3-2-11(19)5-10(12)8-21-16(14)7-13(9)17(15)20;18-16-7-5-13(19)8-12(16)10-21-14-6-4-11-2-1-3-17(20)15(11)9-14;18-12-4-5-13-11(6-12)9-20-17-8-14-10(7-15(13)17)2-1-3-16(14)19;11-8-5-4-7-2-1-3-10(12)9(7)6-8;8-4-5-3-6(10)1-2-7(5)9/h2-8H,9H2,1H3,(H,21,22);3-4,6-8,17H,2,5,9H2,1H3;2-3,5-7,15H,1,4,8H2;4-9H,1-3,10H2;4-8H,1-3,9H2;4-6,11H,1-3H2;1-3H,4H2. The fourth-order valence-corrected chi connectivity index (χ4v) is 20.9. The van der Waals surface area contributed by atoms with E-state index in [4.69, 9.17) is 103 Å². The number of rotatable bonds is 5. The number of ketones is 5. The van der Waals surface area contributed by atoms with Crippen molar-refractivity contribution in [2.75, 3.05) is 0 Å². The zero-order valence-electron chi connectivity index (χ0n) is 70.8. The average Bonchev–Trinajstić information content (AvgIpc) is 1.66. The number of hydrogen-bond donors (Lipinski definition) is 2. The highest BCUT2D eigenvalue weighted by Crippen LogP contribution is 2.48. The summed E-state index contributed by atoms with van der Waals surface area (Å²) in [7, 11) is 0. The Kier molecular flexibility index (Phi) is 28.8. The third-order valence-electron chi connectivity index (χ3n) is 24.2. The van der Waals surface area contributed by atoms with Gasteiger partial charge in [-0.25, -0.2) is 4.98 Å². The summed E-state index contributed by atoms with van der Waals surface area (Å²) in [5, 5.41) is 16.6. The van der Waals surface area contributed by atoms with E-state index in [0.29, 0.717) is 92.1 Å². The monoisotopic (exact) mass is 2120 g/mol. The van der Waals surface area contributed by atoms with E-state index in [9.17, 15) is 28.8 Å². The molecule has 4 aliphatic heterocycles. The number of aromatic amines is 1. The molecule has 9 aliphatic rings. The minimum atomic E-state index is -0.692. The predicted octanol–water partition coefficient (Wildman–Crippen LogP) is 29.5. The molecule has 0 radical (unpaired) electrons. The lowest BCUT2D eigenvalue weighted by Crippen LogP contribution is -2.31. The Labute approximate surface area is 820 Å². The molecule has 2 unspecified atom stereocenters. The second-order valence-corrected chi connectivity index (χ2v) is 39.0. The van der Waals surface area contributed by atoms with Crippen LogP contribution in [-0.4, -0.2) is 60.9 Å². The van der Waals surface area contributed by atoms with Crippen LogP contribution in [0, 0.1) is 6.92 Å². The van der Waals surface area contributed by atoms with Crippen LogP contribution >= 0.6 is 133 Å². The van der Waals surface area contributed by atoms with Crippen molar-refractivity contribution in [2.24, 2.45) is 0 Å². The van der Waals surface area contributed by atoms with Crippen molar-refractivity contribution in [1.82, 2.24) is 9.97 Å². The summed E-state index contributed by atoms with van der Waals surface area (Å²) in [6, 6.07) is 66.0. The molecule has 664 valence electrons. The van der Waals surface area contributed by atoms with Gasteiger partial charge in [0.25, 0.3) is 0 Å². The van der Waals surface area contributed by atoms with Gasteiger partial charge in [0.1, 0.15) is 73.4 Å². The van der Waals surface area contributed by atoms with Crippen molar-refractivity contribution in [3.63, 3.8) is 0 Å². The van der Waals surface area contributed by atoms with Crippen molar-refractivity contribution < 1.29 is 62.3 Å². The molecule has 5 aliphatic carbocycles. The van der Waals surface area contributed by atoms with Crippen molar-refractivity contribution in [1.29, 1.82) is 0 Å². The molecule has 25 heteroatoms. The zero-order chi connectivity index (χ0) is 91.6. The third-order valence-corrected chi connectivity index (χ3v) is 28.6. The normalized spacial score (nSPS) is 15.6. The van der Waals surface area contributed by atoms with Gasteiger partial charge in [-0.2, -0.15) is 0 Å². The maximum Gasteiger partial charge on any atom is 0.303 e. The molecule has 2 atom stereocenters. The number of aromatic nitrogens is 2. The van der Waals surface area contributed by atoms with Crippen LogP contribution in [0.5, 0.6) is 34.5 Å². The number of Topliss-reactive ketones (excluding diaryl/α,β-unsaturated/α-hetero) is 5. The van der Waals surface area contributed by atoms with Gasteiger partial charge in [-0.3, -0.25) is 28.8 Å². The number of fused-ring (bicyclic) bond motifs is 20. The number of alkyl halides is 2. The van der Waals surface area contributed by atoms with Crippen LogP contribution in [0.15, 0.2) is 215 Å². The zero-order valence-corrected chi connectivity index (χ0v) is 81.7. The second kappa shape index (κ2) is 40.8. The Hall–Kier alpha value is -10.1. The second-order valence-electron chi connectivity index (χ2n) is 33.0. The van der Waals surface area contributed by atoms with E-state index >= 15 is 0 Å². The number of hydrogen-bond acceptors (Lipinski definition) is 14. The topological polar surface area (TPSA) is 207 Å². The van der Waals surface area contributed by atoms with E-state index in [1.807, 2.05) is 153 Å². The molecule has 5 heterocycles. The van der Waals surface area contributed by atoms with Gasteiger partial charge >= 0.3 is 5.97 Å². The number of carbonyl (C=O) groups is 6. The highest BCUT2D eigenvalue weighted by molar-refractivity contribution is 9.11.